The van der Waals surface area contributed by atoms with Crippen LogP contribution in [0.15, 0.2) is 36.4 Å². The lowest BCUT2D eigenvalue weighted by atomic mass is 10.2. The largest absolute Gasteiger partial charge is 0.465 e. The van der Waals surface area contributed by atoms with Gasteiger partial charge in [-0.05, 0) is 36.4 Å². The molecule has 0 bridgehead atoms. The van der Waals surface area contributed by atoms with Crippen LogP contribution < -0.4 is 10.6 Å². The van der Waals surface area contributed by atoms with E-state index in [1.54, 1.807) is 0 Å². The normalized spacial score (nSPS) is 10.1. The Balaban J connectivity index is 2.04. The molecular formula is C16H11F3N2O4. The van der Waals surface area contributed by atoms with E-state index in [1.807, 2.05) is 5.32 Å². The Kier molecular flexibility index (Phi) is 5.38. The van der Waals surface area contributed by atoms with Crippen LogP contribution in [0.2, 0.25) is 0 Å². The smallest absolute Gasteiger partial charge is 0.337 e. The predicted molar refractivity (Wildman–Crippen MR) is 81.4 cm³/mol. The van der Waals surface area contributed by atoms with E-state index in [4.69, 9.17) is 0 Å². The van der Waals surface area contributed by atoms with E-state index in [0.717, 1.165) is 6.07 Å². The van der Waals surface area contributed by atoms with Gasteiger partial charge in [0.05, 0.1) is 18.4 Å². The van der Waals surface area contributed by atoms with Crippen LogP contribution in [0.25, 0.3) is 0 Å². The molecule has 0 spiro atoms. The topological polar surface area (TPSA) is 84.5 Å². The fraction of sp³-hybridized carbons (Fsp3) is 0.0625. The van der Waals surface area contributed by atoms with Crippen molar-refractivity contribution in [1.29, 1.82) is 0 Å². The molecule has 0 saturated heterocycles. The minimum atomic E-state index is -1.77. The molecule has 2 amide bonds. The van der Waals surface area contributed by atoms with Gasteiger partial charge in [0.2, 0.25) is 0 Å². The first kappa shape index (κ1) is 18.0. The Bertz CT molecular complexity index is 838. The lowest BCUT2D eigenvalue weighted by Crippen LogP contribution is -2.29. The van der Waals surface area contributed by atoms with Gasteiger partial charge >= 0.3 is 17.8 Å². The zero-order valence-electron chi connectivity index (χ0n) is 12.7. The first-order valence-corrected chi connectivity index (χ1v) is 6.77. The SMILES string of the molecule is COC(=O)c1ccc(NC(=O)C(=O)Nc2ccc(F)c(F)c2F)cc1. The summed E-state index contributed by atoms with van der Waals surface area (Å²) in [6.45, 7) is 0. The second-order valence-electron chi connectivity index (χ2n) is 4.70. The van der Waals surface area contributed by atoms with Crippen molar-refractivity contribution in [1.82, 2.24) is 0 Å². The number of ether oxygens (including phenoxy) is 1. The van der Waals surface area contributed by atoms with Gasteiger partial charge in [-0.1, -0.05) is 0 Å². The highest BCUT2D eigenvalue weighted by atomic mass is 19.2. The molecule has 9 heteroatoms. The average Bonchev–Trinajstić information content (AvgIpc) is 2.62. The molecule has 0 saturated carbocycles. The first-order valence-electron chi connectivity index (χ1n) is 6.77. The lowest BCUT2D eigenvalue weighted by Gasteiger charge is -2.08. The van der Waals surface area contributed by atoms with Crippen molar-refractivity contribution in [2.24, 2.45) is 0 Å². The van der Waals surface area contributed by atoms with E-state index >= 15 is 0 Å². The van der Waals surface area contributed by atoms with Crippen LogP contribution in [0.4, 0.5) is 24.5 Å². The van der Waals surface area contributed by atoms with Gasteiger partial charge in [-0.25, -0.2) is 18.0 Å². The first-order chi connectivity index (χ1) is 11.8. The number of carbonyl (C=O) groups is 3. The minimum absolute atomic E-state index is 0.179. The van der Waals surface area contributed by atoms with E-state index in [9.17, 15) is 27.6 Å². The fourth-order valence-corrected chi connectivity index (χ4v) is 1.80. The summed E-state index contributed by atoms with van der Waals surface area (Å²) in [5.41, 5.74) is -0.271. The number of hydrogen-bond donors (Lipinski definition) is 2. The summed E-state index contributed by atoms with van der Waals surface area (Å²) >= 11 is 0. The van der Waals surface area contributed by atoms with Gasteiger partial charge in [-0.15, -0.1) is 0 Å². The molecule has 0 aliphatic rings. The van der Waals surface area contributed by atoms with Gasteiger partial charge < -0.3 is 15.4 Å². The maximum Gasteiger partial charge on any atom is 0.337 e. The van der Waals surface area contributed by atoms with Crippen LogP contribution in [0.5, 0.6) is 0 Å². The van der Waals surface area contributed by atoms with Gasteiger partial charge in [-0.2, -0.15) is 0 Å². The maximum absolute atomic E-state index is 13.5. The van der Waals surface area contributed by atoms with Gasteiger partial charge in [0.25, 0.3) is 0 Å². The molecule has 2 aromatic rings. The molecule has 2 aromatic carbocycles. The summed E-state index contributed by atoms with van der Waals surface area (Å²) in [6, 6.07) is 6.79. The summed E-state index contributed by atoms with van der Waals surface area (Å²) < 4.78 is 43.9. The number of methoxy groups -OCH3 is 1. The number of nitrogens with one attached hydrogen (secondary N) is 2. The van der Waals surface area contributed by atoms with Crippen LogP contribution in [0, 0.1) is 17.5 Å². The second-order valence-corrected chi connectivity index (χ2v) is 4.70. The third kappa shape index (κ3) is 4.14. The minimum Gasteiger partial charge on any atom is -0.465 e. The van der Waals surface area contributed by atoms with Crippen LogP contribution in [-0.2, 0) is 14.3 Å². The number of benzene rings is 2. The van der Waals surface area contributed by atoms with Crippen molar-refractivity contribution in [3.8, 4) is 0 Å². The number of halogens is 3. The van der Waals surface area contributed by atoms with Gasteiger partial charge in [0.1, 0.15) is 0 Å². The zero-order chi connectivity index (χ0) is 18.6. The van der Waals surface area contributed by atoms with Gasteiger partial charge in [0.15, 0.2) is 17.5 Å². The van der Waals surface area contributed by atoms with Crippen molar-refractivity contribution in [3.05, 3.63) is 59.4 Å². The molecule has 0 aromatic heterocycles. The lowest BCUT2D eigenvalue weighted by molar-refractivity contribution is -0.133. The number of amides is 2. The van der Waals surface area contributed by atoms with E-state index in [1.165, 1.54) is 31.4 Å². The Morgan fingerprint density at radius 3 is 2.04 bits per heavy atom. The van der Waals surface area contributed by atoms with Crippen molar-refractivity contribution in [3.63, 3.8) is 0 Å². The van der Waals surface area contributed by atoms with Crippen molar-refractivity contribution < 1.29 is 32.3 Å². The Hall–Kier alpha value is -3.36. The monoisotopic (exact) mass is 352 g/mol. The average molecular weight is 352 g/mol. The molecule has 0 unspecified atom stereocenters. The van der Waals surface area contributed by atoms with E-state index < -0.39 is 40.9 Å². The summed E-state index contributed by atoms with van der Waals surface area (Å²) in [5.74, 6) is -7.85. The van der Waals surface area contributed by atoms with Gasteiger partial charge in [-0.3, -0.25) is 9.59 Å². The number of carbonyl (C=O) groups excluding carboxylic acids is 3. The summed E-state index contributed by atoms with van der Waals surface area (Å²) in [4.78, 5) is 34.7. The standard InChI is InChI=1S/C16H11F3N2O4/c1-25-16(24)8-2-4-9(5-3-8)20-14(22)15(23)21-11-7-6-10(17)12(18)13(11)19/h2-7H,1H3,(H,20,22)(H,21,23). The molecule has 0 fully saturated rings. The zero-order valence-corrected chi connectivity index (χ0v) is 12.7. The molecule has 2 rings (SSSR count). The highest BCUT2D eigenvalue weighted by Crippen LogP contribution is 2.19. The van der Waals surface area contributed by atoms with Crippen LogP contribution in [0.1, 0.15) is 10.4 Å². The molecule has 0 aliphatic heterocycles. The van der Waals surface area contributed by atoms with Crippen LogP contribution in [0.3, 0.4) is 0 Å². The molecule has 6 nitrogen and oxygen atoms in total. The molecule has 0 atom stereocenters. The Morgan fingerprint density at radius 2 is 1.44 bits per heavy atom. The van der Waals surface area contributed by atoms with E-state index in [0.29, 0.717) is 6.07 Å². The molecule has 130 valence electrons. The number of rotatable bonds is 3. The number of hydrogen-bond acceptors (Lipinski definition) is 4. The second kappa shape index (κ2) is 7.47. The molecule has 0 heterocycles. The van der Waals surface area contributed by atoms with Crippen LogP contribution in [-0.4, -0.2) is 24.9 Å². The maximum atomic E-state index is 13.5. The molecule has 25 heavy (non-hydrogen) atoms. The van der Waals surface area contributed by atoms with Crippen molar-refractivity contribution in [2.75, 3.05) is 17.7 Å². The van der Waals surface area contributed by atoms with Gasteiger partial charge in [0, 0.05) is 5.69 Å². The number of esters is 1. The molecular weight excluding hydrogens is 341 g/mol. The van der Waals surface area contributed by atoms with Crippen LogP contribution >= 0.6 is 0 Å². The third-order valence-electron chi connectivity index (χ3n) is 3.05. The summed E-state index contributed by atoms with van der Waals surface area (Å²) in [5, 5.41) is 4.03. The predicted octanol–water partition coefficient (Wildman–Crippen LogP) is 2.47. The molecule has 2 N–H and O–H groups in total. The third-order valence-corrected chi connectivity index (χ3v) is 3.05. The highest BCUT2D eigenvalue weighted by molar-refractivity contribution is 6.43. The summed E-state index contributed by atoms with van der Waals surface area (Å²) in [6.07, 6.45) is 0. The number of anilines is 2. The Labute approximate surface area is 139 Å². The van der Waals surface area contributed by atoms with E-state index in [2.05, 4.69) is 10.1 Å². The highest BCUT2D eigenvalue weighted by Gasteiger charge is 2.19. The fourth-order valence-electron chi connectivity index (χ4n) is 1.80. The van der Waals surface area contributed by atoms with Crippen molar-refractivity contribution >= 4 is 29.2 Å². The van der Waals surface area contributed by atoms with E-state index in [-0.39, 0.29) is 11.3 Å². The summed E-state index contributed by atoms with van der Waals surface area (Å²) in [7, 11) is 1.21. The molecule has 0 aliphatic carbocycles. The van der Waals surface area contributed by atoms with Crippen molar-refractivity contribution in [2.45, 2.75) is 0 Å². The Morgan fingerprint density at radius 1 is 0.840 bits per heavy atom. The quantitative estimate of drug-likeness (QED) is 0.505. The molecule has 0 radical (unpaired) electrons.